The summed E-state index contributed by atoms with van der Waals surface area (Å²) in [6.45, 7) is 4.68. The van der Waals surface area contributed by atoms with E-state index < -0.39 is 0 Å². The number of nitrogens with zero attached hydrogens (tertiary/aromatic N) is 2. The maximum atomic E-state index is 5.96. The van der Waals surface area contributed by atoms with Crippen molar-refractivity contribution in [2.75, 3.05) is 0 Å². The van der Waals surface area contributed by atoms with Gasteiger partial charge in [-0.1, -0.05) is 30.7 Å². The van der Waals surface area contributed by atoms with Crippen molar-refractivity contribution in [3.8, 4) is 0 Å². The molecule has 1 aromatic heterocycles. The van der Waals surface area contributed by atoms with Gasteiger partial charge < -0.3 is 9.73 Å². The van der Waals surface area contributed by atoms with Crippen LogP contribution in [0.25, 0.3) is 0 Å². The number of rotatable bonds is 5. The molecule has 0 saturated heterocycles. The zero-order valence-electron chi connectivity index (χ0n) is 11.6. The van der Waals surface area contributed by atoms with Gasteiger partial charge in [0.2, 0.25) is 11.8 Å². The molecule has 1 saturated carbocycles. The van der Waals surface area contributed by atoms with Crippen LogP contribution in [-0.4, -0.2) is 10.2 Å². The molecular formula is C15H18ClN3O. The Morgan fingerprint density at radius 3 is 2.60 bits per heavy atom. The lowest BCUT2D eigenvalue weighted by molar-refractivity contribution is 0.399. The molecule has 1 fully saturated rings. The van der Waals surface area contributed by atoms with Crippen molar-refractivity contribution in [2.24, 2.45) is 11.8 Å². The van der Waals surface area contributed by atoms with Gasteiger partial charge in [0, 0.05) is 18.0 Å². The van der Waals surface area contributed by atoms with Gasteiger partial charge >= 0.3 is 0 Å². The first-order valence-electron chi connectivity index (χ1n) is 6.91. The van der Waals surface area contributed by atoms with Crippen molar-refractivity contribution in [2.45, 2.75) is 32.9 Å². The predicted octanol–water partition coefficient (Wildman–Crippen LogP) is 3.52. The van der Waals surface area contributed by atoms with Gasteiger partial charge in [0.15, 0.2) is 0 Å². The lowest BCUT2D eigenvalue weighted by Gasteiger charge is -2.18. The Hall–Kier alpha value is -1.39. The highest BCUT2D eigenvalue weighted by molar-refractivity contribution is 6.30. The number of aryl methyl sites for hydroxylation is 1. The van der Waals surface area contributed by atoms with Crippen LogP contribution in [0.3, 0.4) is 0 Å². The molecule has 3 rings (SSSR count). The molecule has 0 bridgehead atoms. The third-order valence-electron chi connectivity index (χ3n) is 3.87. The summed E-state index contributed by atoms with van der Waals surface area (Å²) in [6, 6.07) is 8.37. The Morgan fingerprint density at radius 2 is 2.05 bits per heavy atom. The Morgan fingerprint density at radius 1 is 1.35 bits per heavy atom. The lowest BCUT2D eigenvalue weighted by Crippen LogP contribution is -2.23. The molecule has 2 aromatic rings. The molecule has 1 N–H and O–H groups in total. The van der Waals surface area contributed by atoms with Gasteiger partial charge in [0.25, 0.3) is 0 Å². The van der Waals surface area contributed by atoms with E-state index in [4.69, 9.17) is 16.0 Å². The summed E-state index contributed by atoms with van der Waals surface area (Å²) in [6.07, 6.45) is 1.25. The van der Waals surface area contributed by atoms with Crippen molar-refractivity contribution in [1.29, 1.82) is 0 Å². The van der Waals surface area contributed by atoms with Crippen molar-refractivity contribution >= 4 is 11.6 Å². The van der Waals surface area contributed by atoms with Crippen LogP contribution in [0, 0.1) is 18.8 Å². The van der Waals surface area contributed by atoms with Gasteiger partial charge in [0.05, 0.1) is 6.54 Å². The van der Waals surface area contributed by atoms with Crippen LogP contribution in [0.5, 0.6) is 0 Å². The molecule has 1 heterocycles. The second-order valence-corrected chi connectivity index (χ2v) is 5.94. The molecule has 0 spiro atoms. The standard InChI is InChI=1S/C15H18ClN3O/c1-9-7-13(9)15(11-3-5-12(16)6-4-11)17-8-14-19-18-10(2)20-14/h3-6,9,13,15,17H,7-8H2,1-2H3/t9-,13-,15-/m1/s1. The van der Waals surface area contributed by atoms with Crippen molar-refractivity contribution < 1.29 is 4.42 Å². The first kappa shape index (κ1) is 13.6. The third-order valence-corrected chi connectivity index (χ3v) is 4.12. The maximum Gasteiger partial charge on any atom is 0.230 e. The Kier molecular flexibility index (Phi) is 3.76. The van der Waals surface area contributed by atoms with Gasteiger partial charge in [-0.25, -0.2) is 0 Å². The highest BCUT2D eigenvalue weighted by Crippen LogP contribution is 2.47. The van der Waals surface area contributed by atoms with E-state index in [9.17, 15) is 0 Å². The molecule has 20 heavy (non-hydrogen) atoms. The van der Waals surface area contributed by atoms with Gasteiger partial charge in [0.1, 0.15) is 0 Å². The van der Waals surface area contributed by atoms with Crippen LogP contribution in [0.2, 0.25) is 5.02 Å². The van der Waals surface area contributed by atoms with E-state index in [0.717, 1.165) is 10.9 Å². The number of nitrogens with one attached hydrogen (secondary N) is 1. The minimum atomic E-state index is 0.314. The SMILES string of the molecule is Cc1nnc(CN[C@H](c2ccc(Cl)cc2)[C@@H]2C[C@H]2C)o1. The molecule has 1 aliphatic rings. The number of hydrogen-bond acceptors (Lipinski definition) is 4. The zero-order chi connectivity index (χ0) is 14.1. The molecule has 0 unspecified atom stereocenters. The van der Waals surface area contributed by atoms with Crippen LogP contribution in [-0.2, 0) is 6.54 Å². The number of hydrogen-bond donors (Lipinski definition) is 1. The molecule has 0 amide bonds. The normalized spacial score (nSPS) is 22.8. The molecule has 106 valence electrons. The smallest absolute Gasteiger partial charge is 0.230 e. The molecule has 5 heteroatoms. The Bertz CT molecular complexity index is 581. The molecule has 0 aliphatic heterocycles. The summed E-state index contributed by atoms with van der Waals surface area (Å²) >= 11 is 5.96. The highest BCUT2D eigenvalue weighted by atomic mass is 35.5. The Labute approximate surface area is 123 Å². The third kappa shape index (κ3) is 3.02. The molecule has 1 aliphatic carbocycles. The average molecular weight is 292 g/mol. The van der Waals surface area contributed by atoms with E-state index in [-0.39, 0.29) is 0 Å². The quantitative estimate of drug-likeness (QED) is 0.916. The van der Waals surface area contributed by atoms with Gasteiger partial charge in [-0.3, -0.25) is 0 Å². The molecular weight excluding hydrogens is 274 g/mol. The second-order valence-electron chi connectivity index (χ2n) is 5.50. The summed E-state index contributed by atoms with van der Waals surface area (Å²) in [7, 11) is 0. The average Bonchev–Trinajstić information content (AvgIpc) is 2.99. The highest BCUT2D eigenvalue weighted by Gasteiger charge is 2.40. The van der Waals surface area contributed by atoms with Crippen LogP contribution in [0.15, 0.2) is 28.7 Å². The van der Waals surface area contributed by atoms with Crippen LogP contribution in [0.4, 0.5) is 0 Å². The molecule has 0 radical (unpaired) electrons. The fraction of sp³-hybridized carbons (Fsp3) is 0.467. The topological polar surface area (TPSA) is 51.0 Å². The van der Waals surface area contributed by atoms with Crippen molar-refractivity contribution in [1.82, 2.24) is 15.5 Å². The molecule has 3 atom stereocenters. The first-order valence-corrected chi connectivity index (χ1v) is 7.29. The van der Waals surface area contributed by atoms with E-state index >= 15 is 0 Å². The number of aromatic nitrogens is 2. The van der Waals surface area contributed by atoms with E-state index in [1.54, 1.807) is 6.92 Å². The number of benzene rings is 1. The second kappa shape index (κ2) is 5.54. The fourth-order valence-corrected chi connectivity index (χ4v) is 2.73. The number of halogens is 1. The van der Waals surface area contributed by atoms with Gasteiger partial charge in [-0.2, -0.15) is 0 Å². The fourth-order valence-electron chi connectivity index (χ4n) is 2.61. The summed E-state index contributed by atoms with van der Waals surface area (Å²) in [4.78, 5) is 0. The summed E-state index contributed by atoms with van der Waals surface area (Å²) in [5, 5.41) is 12.2. The van der Waals surface area contributed by atoms with Crippen molar-refractivity contribution in [3.05, 3.63) is 46.6 Å². The summed E-state index contributed by atoms with van der Waals surface area (Å²) in [5.74, 6) is 2.66. The summed E-state index contributed by atoms with van der Waals surface area (Å²) < 4.78 is 5.41. The molecule has 4 nitrogen and oxygen atoms in total. The minimum Gasteiger partial charge on any atom is -0.424 e. The predicted molar refractivity (Wildman–Crippen MR) is 77.3 cm³/mol. The monoisotopic (exact) mass is 291 g/mol. The van der Waals surface area contributed by atoms with E-state index in [2.05, 4.69) is 34.6 Å². The largest absolute Gasteiger partial charge is 0.424 e. The lowest BCUT2D eigenvalue weighted by atomic mass is 10.0. The minimum absolute atomic E-state index is 0.314. The zero-order valence-corrected chi connectivity index (χ0v) is 12.4. The Balaban J connectivity index is 1.71. The first-order chi connectivity index (χ1) is 9.63. The van der Waals surface area contributed by atoms with E-state index in [1.165, 1.54) is 12.0 Å². The van der Waals surface area contributed by atoms with E-state index in [0.29, 0.717) is 30.3 Å². The van der Waals surface area contributed by atoms with Crippen LogP contribution < -0.4 is 5.32 Å². The van der Waals surface area contributed by atoms with Crippen LogP contribution >= 0.6 is 11.6 Å². The van der Waals surface area contributed by atoms with Crippen LogP contribution in [0.1, 0.15) is 36.7 Å². The van der Waals surface area contributed by atoms with Gasteiger partial charge in [-0.05, 0) is 36.0 Å². The van der Waals surface area contributed by atoms with E-state index in [1.807, 2.05) is 12.1 Å². The maximum absolute atomic E-state index is 5.96. The van der Waals surface area contributed by atoms with Gasteiger partial charge in [-0.15, -0.1) is 10.2 Å². The van der Waals surface area contributed by atoms with Crippen molar-refractivity contribution in [3.63, 3.8) is 0 Å². The summed E-state index contributed by atoms with van der Waals surface area (Å²) in [5.41, 5.74) is 1.26. The molecule has 1 aromatic carbocycles.